The quantitative estimate of drug-likeness (QED) is 0.455. The maximum Gasteiger partial charge on any atom is 0.200 e. The highest BCUT2D eigenvalue weighted by Crippen LogP contribution is 2.24. The number of hydrogen-bond acceptors (Lipinski definition) is 1. The highest BCUT2D eigenvalue weighted by atomic mass is 19.2. The van der Waals surface area contributed by atoms with Gasteiger partial charge in [-0.25, -0.2) is 22.0 Å². The topological polar surface area (TPSA) is 9.23 Å². The first-order valence-electron chi connectivity index (χ1n) is 5.81. The van der Waals surface area contributed by atoms with Crippen molar-refractivity contribution in [3.05, 3.63) is 71.1 Å². The Labute approximate surface area is 117 Å². The van der Waals surface area contributed by atoms with Crippen molar-refractivity contribution in [2.24, 2.45) is 0 Å². The summed E-state index contributed by atoms with van der Waals surface area (Å²) >= 11 is 0. The van der Waals surface area contributed by atoms with Crippen molar-refractivity contribution < 1.29 is 26.7 Å². The van der Waals surface area contributed by atoms with Crippen molar-refractivity contribution in [2.45, 2.75) is 6.61 Å². The summed E-state index contributed by atoms with van der Waals surface area (Å²) < 4.78 is 70.7. The van der Waals surface area contributed by atoms with Crippen LogP contribution >= 0.6 is 0 Å². The molecule has 0 saturated heterocycles. The van der Waals surface area contributed by atoms with Crippen molar-refractivity contribution in [3.63, 3.8) is 0 Å². The van der Waals surface area contributed by atoms with E-state index in [4.69, 9.17) is 4.74 Å². The molecule has 0 radical (unpaired) electrons. The molecule has 0 aromatic heterocycles. The van der Waals surface area contributed by atoms with Gasteiger partial charge in [0, 0.05) is 0 Å². The normalized spacial score (nSPS) is 10.5. The monoisotopic (exact) mass is 300 g/mol. The zero-order valence-electron chi connectivity index (χ0n) is 10.6. The van der Waals surface area contributed by atoms with Crippen molar-refractivity contribution in [1.29, 1.82) is 0 Å². The van der Waals surface area contributed by atoms with E-state index in [-0.39, 0.29) is 5.75 Å². The van der Waals surface area contributed by atoms with Crippen molar-refractivity contribution in [2.75, 3.05) is 0 Å². The lowest BCUT2D eigenvalue weighted by molar-refractivity contribution is 0.279. The average Bonchev–Trinajstić information content (AvgIpc) is 2.51. The fraction of sp³-hybridized carbons (Fsp3) is 0.0667. The molecule has 0 aliphatic rings. The van der Waals surface area contributed by atoms with Crippen LogP contribution in [0, 0.1) is 29.1 Å². The zero-order valence-corrected chi connectivity index (χ0v) is 10.6. The summed E-state index contributed by atoms with van der Waals surface area (Å²) in [4.78, 5) is 0. The molecule has 0 heterocycles. The van der Waals surface area contributed by atoms with Gasteiger partial charge in [-0.05, 0) is 17.7 Å². The Balaban J connectivity index is 2.25. The van der Waals surface area contributed by atoms with Crippen LogP contribution in [0.1, 0.15) is 11.1 Å². The zero-order chi connectivity index (χ0) is 15.6. The maximum atomic E-state index is 13.4. The van der Waals surface area contributed by atoms with Gasteiger partial charge >= 0.3 is 0 Å². The molecule has 0 unspecified atom stereocenters. The Morgan fingerprint density at radius 1 is 0.810 bits per heavy atom. The molecule has 1 nitrogen and oxygen atoms in total. The Hall–Kier alpha value is -2.37. The highest BCUT2D eigenvalue weighted by molar-refractivity contribution is 5.48. The molecule has 0 aliphatic carbocycles. The lowest BCUT2D eigenvalue weighted by atomic mass is 10.2. The molecular formula is C15H9F5O. The van der Waals surface area contributed by atoms with Gasteiger partial charge in [0.15, 0.2) is 23.3 Å². The van der Waals surface area contributed by atoms with Crippen LogP contribution in [-0.2, 0) is 6.61 Å². The number of hydrogen-bond donors (Lipinski definition) is 0. The van der Waals surface area contributed by atoms with E-state index in [2.05, 4.69) is 6.58 Å². The standard InChI is InChI=1S/C15H9F5O/c1-2-8-3-5-9(6-4-8)21-7-10-11(16)13(18)15(20)14(19)12(10)17/h2-6H,1,7H2. The van der Waals surface area contributed by atoms with E-state index in [0.717, 1.165) is 5.56 Å². The Morgan fingerprint density at radius 3 is 1.76 bits per heavy atom. The molecule has 110 valence electrons. The third-order valence-electron chi connectivity index (χ3n) is 2.80. The van der Waals surface area contributed by atoms with E-state index in [1.807, 2.05) is 0 Å². The molecule has 2 aromatic carbocycles. The SMILES string of the molecule is C=Cc1ccc(OCc2c(F)c(F)c(F)c(F)c2F)cc1. The van der Waals surface area contributed by atoms with Crippen LogP contribution in [0.3, 0.4) is 0 Å². The summed E-state index contributed by atoms with van der Waals surface area (Å²) in [5, 5.41) is 0. The average molecular weight is 300 g/mol. The first kappa shape index (κ1) is 15.0. The predicted octanol–water partition coefficient (Wildman–Crippen LogP) is 4.60. The molecule has 6 heteroatoms. The fourth-order valence-electron chi connectivity index (χ4n) is 1.63. The molecule has 0 fully saturated rings. The maximum absolute atomic E-state index is 13.4. The van der Waals surface area contributed by atoms with E-state index < -0.39 is 41.3 Å². The van der Waals surface area contributed by atoms with E-state index in [1.54, 1.807) is 18.2 Å². The smallest absolute Gasteiger partial charge is 0.200 e. The molecule has 0 saturated carbocycles. The van der Waals surface area contributed by atoms with Gasteiger partial charge in [0.1, 0.15) is 12.4 Å². The van der Waals surface area contributed by atoms with Gasteiger partial charge in [0.05, 0.1) is 5.56 Å². The molecule has 2 aromatic rings. The van der Waals surface area contributed by atoms with E-state index >= 15 is 0 Å². The largest absolute Gasteiger partial charge is 0.489 e. The van der Waals surface area contributed by atoms with Gasteiger partial charge in [-0.3, -0.25) is 0 Å². The van der Waals surface area contributed by atoms with Gasteiger partial charge < -0.3 is 4.74 Å². The van der Waals surface area contributed by atoms with Gasteiger partial charge in [0.25, 0.3) is 0 Å². The predicted molar refractivity (Wildman–Crippen MR) is 67.1 cm³/mol. The lowest BCUT2D eigenvalue weighted by Crippen LogP contribution is -2.09. The minimum absolute atomic E-state index is 0.226. The molecule has 0 bridgehead atoms. The van der Waals surface area contributed by atoms with Crippen LogP contribution in [0.25, 0.3) is 6.08 Å². The van der Waals surface area contributed by atoms with Crippen LogP contribution in [0.5, 0.6) is 5.75 Å². The van der Waals surface area contributed by atoms with E-state index in [9.17, 15) is 22.0 Å². The summed E-state index contributed by atoms with van der Waals surface area (Å²) in [6, 6.07) is 6.23. The Bertz CT molecular complexity index is 650. The third kappa shape index (κ3) is 2.89. The van der Waals surface area contributed by atoms with Gasteiger partial charge in [0.2, 0.25) is 5.82 Å². The summed E-state index contributed by atoms with van der Waals surface area (Å²) in [6.45, 7) is 2.77. The summed E-state index contributed by atoms with van der Waals surface area (Å²) in [6.07, 6.45) is 1.58. The van der Waals surface area contributed by atoms with Crippen molar-refractivity contribution in [1.82, 2.24) is 0 Å². The van der Waals surface area contributed by atoms with Gasteiger partial charge in [-0.1, -0.05) is 24.8 Å². The highest BCUT2D eigenvalue weighted by Gasteiger charge is 2.25. The first-order chi connectivity index (χ1) is 9.95. The number of rotatable bonds is 4. The molecular weight excluding hydrogens is 291 g/mol. The minimum Gasteiger partial charge on any atom is -0.489 e. The van der Waals surface area contributed by atoms with E-state index in [0.29, 0.717) is 0 Å². The molecule has 0 N–H and O–H groups in total. The molecule has 2 rings (SSSR count). The number of halogens is 5. The van der Waals surface area contributed by atoms with Crippen molar-refractivity contribution >= 4 is 6.08 Å². The molecule has 0 aliphatic heterocycles. The Morgan fingerprint density at radius 2 is 1.29 bits per heavy atom. The van der Waals surface area contributed by atoms with Crippen molar-refractivity contribution in [3.8, 4) is 5.75 Å². The van der Waals surface area contributed by atoms with Crippen LogP contribution in [-0.4, -0.2) is 0 Å². The molecule has 0 spiro atoms. The van der Waals surface area contributed by atoms with Crippen LogP contribution < -0.4 is 4.74 Å². The summed E-state index contributed by atoms with van der Waals surface area (Å²) in [7, 11) is 0. The summed E-state index contributed by atoms with van der Waals surface area (Å²) in [5.74, 6) is -9.74. The molecule has 21 heavy (non-hydrogen) atoms. The fourth-order valence-corrected chi connectivity index (χ4v) is 1.63. The second-order valence-electron chi connectivity index (χ2n) is 4.11. The lowest BCUT2D eigenvalue weighted by Gasteiger charge is -2.10. The second kappa shape index (κ2) is 5.95. The van der Waals surface area contributed by atoms with Gasteiger partial charge in [-0.15, -0.1) is 0 Å². The Kier molecular flexibility index (Phi) is 4.26. The second-order valence-corrected chi connectivity index (χ2v) is 4.11. The summed E-state index contributed by atoms with van der Waals surface area (Å²) in [5.41, 5.74) is -0.224. The molecule has 0 atom stereocenters. The number of benzene rings is 2. The van der Waals surface area contributed by atoms with Crippen LogP contribution in [0.15, 0.2) is 30.8 Å². The van der Waals surface area contributed by atoms with E-state index in [1.165, 1.54) is 12.1 Å². The first-order valence-corrected chi connectivity index (χ1v) is 5.81. The third-order valence-corrected chi connectivity index (χ3v) is 2.80. The molecule has 0 amide bonds. The minimum atomic E-state index is -2.19. The van der Waals surface area contributed by atoms with Crippen LogP contribution in [0.2, 0.25) is 0 Å². The van der Waals surface area contributed by atoms with Gasteiger partial charge in [-0.2, -0.15) is 0 Å². The number of ether oxygens (including phenoxy) is 1. The van der Waals surface area contributed by atoms with Crippen LogP contribution in [0.4, 0.5) is 22.0 Å².